The molecule has 1 aromatic rings. The minimum Gasteiger partial charge on any atom is -0.472 e. The van der Waals surface area contributed by atoms with Crippen molar-refractivity contribution in [2.75, 3.05) is 6.61 Å². The minimum absolute atomic E-state index is 0.110. The highest BCUT2D eigenvalue weighted by atomic mass is 16.5. The van der Waals surface area contributed by atoms with Crippen LogP contribution in [-0.4, -0.2) is 18.6 Å². The molecule has 1 unspecified atom stereocenters. The summed E-state index contributed by atoms with van der Waals surface area (Å²) in [7, 11) is 0. The van der Waals surface area contributed by atoms with Crippen LogP contribution in [0.15, 0.2) is 23.0 Å². The molecule has 0 aromatic carbocycles. The first-order valence-electron chi connectivity index (χ1n) is 5.12. The van der Waals surface area contributed by atoms with Crippen LogP contribution in [0.1, 0.15) is 25.8 Å². The van der Waals surface area contributed by atoms with E-state index in [1.54, 1.807) is 12.5 Å². The Morgan fingerprint density at radius 3 is 3.07 bits per heavy atom. The SMILES string of the molecule is CCOC(=O)CC(C)NCc1ccoc1. The second kappa shape index (κ2) is 6.24. The van der Waals surface area contributed by atoms with Crippen molar-refractivity contribution < 1.29 is 13.9 Å². The van der Waals surface area contributed by atoms with Crippen LogP contribution in [0.2, 0.25) is 0 Å². The molecule has 1 rings (SSSR count). The second-order valence-corrected chi connectivity index (χ2v) is 3.42. The first-order valence-corrected chi connectivity index (χ1v) is 5.12. The Morgan fingerprint density at radius 2 is 2.47 bits per heavy atom. The first kappa shape index (κ1) is 11.8. The van der Waals surface area contributed by atoms with Crippen molar-refractivity contribution in [2.45, 2.75) is 32.9 Å². The van der Waals surface area contributed by atoms with Crippen LogP contribution in [0.5, 0.6) is 0 Å². The lowest BCUT2D eigenvalue weighted by Gasteiger charge is -2.11. The van der Waals surface area contributed by atoms with Crippen molar-refractivity contribution >= 4 is 5.97 Å². The highest BCUT2D eigenvalue weighted by Crippen LogP contribution is 2.01. The van der Waals surface area contributed by atoms with Crippen LogP contribution in [0, 0.1) is 0 Å². The molecule has 1 N–H and O–H groups in total. The summed E-state index contributed by atoms with van der Waals surface area (Å²) in [6.45, 7) is 4.91. The lowest BCUT2D eigenvalue weighted by Crippen LogP contribution is -2.28. The minimum atomic E-state index is -0.162. The average Bonchev–Trinajstić information content (AvgIpc) is 2.67. The molecule has 0 saturated carbocycles. The van der Waals surface area contributed by atoms with Crippen molar-refractivity contribution in [3.8, 4) is 0 Å². The van der Waals surface area contributed by atoms with Gasteiger partial charge in [0.15, 0.2) is 0 Å². The molecule has 1 atom stereocenters. The molecule has 0 radical (unpaired) electrons. The van der Waals surface area contributed by atoms with Gasteiger partial charge in [0.1, 0.15) is 0 Å². The van der Waals surface area contributed by atoms with E-state index >= 15 is 0 Å². The monoisotopic (exact) mass is 211 g/mol. The molecule has 0 aliphatic carbocycles. The van der Waals surface area contributed by atoms with Crippen molar-refractivity contribution in [1.29, 1.82) is 0 Å². The average molecular weight is 211 g/mol. The number of carbonyl (C=O) groups is 1. The molecule has 0 aliphatic heterocycles. The van der Waals surface area contributed by atoms with Gasteiger partial charge in [-0.05, 0) is 19.9 Å². The summed E-state index contributed by atoms with van der Waals surface area (Å²) in [6, 6.07) is 2.00. The maximum absolute atomic E-state index is 11.1. The lowest BCUT2D eigenvalue weighted by molar-refractivity contribution is -0.143. The van der Waals surface area contributed by atoms with Gasteiger partial charge >= 0.3 is 5.97 Å². The summed E-state index contributed by atoms with van der Waals surface area (Å²) < 4.78 is 9.79. The Labute approximate surface area is 89.6 Å². The number of nitrogens with one attached hydrogen (secondary N) is 1. The van der Waals surface area contributed by atoms with E-state index in [1.165, 1.54) is 0 Å². The van der Waals surface area contributed by atoms with E-state index in [-0.39, 0.29) is 12.0 Å². The predicted molar refractivity (Wildman–Crippen MR) is 56.3 cm³/mol. The van der Waals surface area contributed by atoms with Gasteiger partial charge < -0.3 is 14.5 Å². The van der Waals surface area contributed by atoms with Crippen LogP contribution in [0.3, 0.4) is 0 Å². The van der Waals surface area contributed by atoms with E-state index in [0.717, 1.165) is 5.56 Å². The molecule has 4 heteroatoms. The largest absolute Gasteiger partial charge is 0.472 e. The van der Waals surface area contributed by atoms with Gasteiger partial charge in [-0.2, -0.15) is 0 Å². The molecule has 1 aromatic heterocycles. The molecule has 0 saturated heterocycles. The number of hydrogen-bond acceptors (Lipinski definition) is 4. The molecule has 0 fully saturated rings. The summed E-state index contributed by atoms with van der Waals surface area (Å²) in [4.78, 5) is 11.1. The number of esters is 1. The van der Waals surface area contributed by atoms with Gasteiger partial charge in [0.25, 0.3) is 0 Å². The van der Waals surface area contributed by atoms with Crippen molar-refractivity contribution in [2.24, 2.45) is 0 Å². The highest BCUT2D eigenvalue weighted by molar-refractivity contribution is 5.69. The molecule has 0 bridgehead atoms. The quantitative estimate of drug-likeness (QED) is 0.728. The molecule has 84 valence electrons. The predicted octanol–water partition coefficient (Wildman–Crippen LogP) is 1.71. The zero-order valence-corrected chi connectivity index (χ0v) is 9.16. The topological polar surface area (TPSA) is 51.5 Å². The Morgan fingerprint density at radius 1 is 1.67 bits per heavy atom. The number of rotatable bonds is 6. The molecular formula is C11H17NO3. The Kier molecular flexibility index (Phi) is 4.90. The standard InChI is InChI=1S/C11H17NO3/c1-3-15-11(13)6-9(2)12-7-10-4-5-14-8-10/h4-5,8-9,12H,3,6-7H2,1-2H3. The fraction of sp³-hybridized carbons (Fsp3) is 0.545. The summed E-state index contributed by atoms with van der Waals surface area (Å²) in [5.41, 5.74) is 1.07. The molecule has 0 aliphatic rings. The third-order valence-electron chi connectivity index (χ3n) is 2.01. The molecule has 1 heterocycles. The van der Waals surface area contributed by atoms with E-state index in [9.17, 15) is 4.79 Å². The third-order valence-corrected chi connectivity index (χ3v) is 2.01. The highest BCUT2D eigenvalue weighted by Gasteiger charge is 2.09. The molecule has 0 amide bonds. The number of hydrogen-bond donors (Lipinski definition) is 1. The van der Waals surface area contributed by atoms with Crippen LogP contribution >= 0.6 is 0 Å². The molecule has 0 spiro atoms. The normalized spacial score (nSPS) is 12.4. The van der Waals surface area contributed by atoms with Crippen molar-refractivity contribution in [3.63, 3.8) is 0 Å². The summed E-state index contributed by atoms with van der Waals surface area (Å²) in [5, 5.41) is 3.21. The van der Waals surface area contributed by atoms with E-state index in [2.05, 4.69) is 5.32 Å². The van der Waals surface area contributed by atoms with Gasteiger partial charge in [0.05, 0.1) is 25.6 Å². The number of furan rings is 1. The number of carbonyl (C=O) groups excluding carboxylic acids is 1. The maximum Gasteiger partial charge on any atom is 0.307 e. The molecular weight excluding hydrogens is 194 g/mol. The maximum atomic E-state index is 11.1. The van der Waals surface area contributed by atoms with E-state index in [0.29, 0.717) is 19.6 Å². The number of ether oxygens (including phenoxy) is 1. The van der Waals surface area contributed by atoms with Gasteiger partial charge in [-0.25, -0.2) is 0 Å². The van der Waals surface area contributed by atoms with Crippen LogP contribution in [-0.2, 0) is 16.1 Å². The van der Waals surface area contributed by atoms with Crippen molar-refractivity contribution in [1.82, 2.24) is 5.32 Å². The third kappa shape index (κ3) is 4.65. The zero-order chi connectivity index (χ0) is 11.1. The van der Waals surface area contributed by atoms with Gasteiger partial charge in [-0.3, -0.25) is 4.79 Å². The van der Waals surface area contributed by atoms with Gasteiger partial charge in [-0.1, -0.05) is 0 Å². The van der Waals surface area contributed by atoms with Crippen LogP contribution in [0.25, 0.3) is 0 Å². The van der Waals surface area contributed by atoms with Gasteiger partial charge in [-0.15, -0.1) is 0 Å². The fourth-order valence-corrected chi connectivity index (χ4v) is 1.23. The molecule has 4 nitrogen and oxygen atoms in total. The Balaban J connectivity index is 2.18. The Bertz CT molecular complexity index is 282. The first-order chi connectivity index (χ1) is 7.22. The zero-order valence-electron chi connectivity index (χ0n) is 9.16. The van der Waals surface area contributed by atoms with Gasteiger partial charge in [0, 0.05) is 18.2 Å². The smallest absolute Gasteiger partial charge is 0.307 e. The fourth-order valence-electron chi connectivity index (χ4n) is 1.23. The van der Waals surface area contributed by atoms with E-state index in [1.807, 2.05) is 19.9 Å². The molecule has 15 heavy (non-hydrogen) atoms. The van der Waals surface area contributed by atoms with Gasteiger partial charge in [0.2, 0.25) is 0 Å². The summed E-state index contributed by atoms with van der Waals surface area (Å²) in [5.74, 6) is -0.162. The lowest BCUT2D eigenvalue weighted by atomic mass is 10.2. The summed E-state index contributed by atoms with van der Waals surface area (Å²) >= 11 is 0. The van der Waals surface area contributed by atoms with E-state index in [4.69, 9.17) is 9.15 Å². The second-order valence-electron chi connectivity index (χ2n) is 3.42. The van der Waals surface area contributed by atoms with Crippen LogP contribution < -0.4 is 5.32 Å². The Hall–Kier alpha value is -1.29. The van der Waals surface area contributed by atoms with Crippen LogP contribution in [0.4, 0.5) is 0 Å². The van der Waals surface area contributed by atoms with E-state index < -0.39 is 0 Å². The summed E-state index contributed by atoms with van der Waals surface area (Å²) in [6.07, 6.45) is 3.71. The van der Waals surface area contributed by atoms with Crippen molar-refractivity contribution in [3.05, 3.63) is 24.2 Å².